The number of aliphatic hydroxyl groups is 6. The topological polar surface area (TPSA) is 177 Å². The smallest absolute Gasteiger partial charge is 0.229 e. The van der Waals surface area contributed by atoms with Gasteiger partial charge in [-0.25, -0.2) is 0 Å². The lowest BCUT2D eigenvalue weighted by molar-refractivity contribution is -0.318. The second kappa shape index (κ2) is 13.3. The van der Waals surface area contributed by atoms with Crippen molar-refractivity contribution >= 4 is 12.2 Å². The van der Waals surface area contributed by atoms with Crippen LogP contribution >= 0.6 is 0 Å². The molecule has 2 fully saturated rings. The van der Waals surface area contributed by atoms with Crippen LogP contribution in [0.15, 0.2) is 42.5 Å². The number of hydrogen-bond acceptors (Lipinski definition) is 12. The van der Waals surface area contributed by atoms with Gasteiger partial charge in [0.15, 0.2) is 6.29 Å². The summed E-state index contributed by atoms with van der Waals surface area (Å²) in [7, 11) is 3.09. The summed E-state index contributed by atoms with van der Waals surface area (Å²) in [5.41, 5.74) is 1.65. The quantitative estimate of drug-likeness (QED) is 0.223. The molecule has 0 amide bonds. The molecule has 10 atom stereocenters. The lowest BCUT2D eigenvalue weighted by Crippen LogP contribution is -2.61. The van der Waals surface area contributed by atoms with Gasteiger partial charge < -0.3 is 59.1 Å². The standard InChI is InChI=1S/C28H36O12/c1-14-21(29)23(31)25(33)27(38-14)37-13-20-22(30)24(32)26(34)28(40-20)39-19-11-16(10-18(12-19)36-3)5-4-15-6-8-17(35-2)9-7-15/h4-12,14,20-34H,13H2,1-3H3. The van der Waals surface area contributed by atoms with E-state index >= 15 is 0 Å². The highest BCUT2D eigenvalue weighted by Gasteiger charge is 2.47. The van der Waals surface area contributed by atoms with Gasteiger partial charge >= 0.3 is 0 Å². The highest BCUT2D eigenvalue weighted by Crippen LogP contribution is 2.30. The average molecular weight is 565 g/mol. The van der Waals surface area contributed by atoms with E-state index in [-0.39, 0.29) is 5.75 Å². The molecule has 40 heavy (non-hydrogen) atoms. The van der Waals surface area contributed by atoms with Crippen LogP contribution in [-0.2, 0) is 14.2 Å². The van der Waals surface area contributed by atoms with Crippen molar-refractivity contribution in [3.8, 4) is 17.2 Å². The molecule has 2 aliphatic rings. The molecule has 2 heterocycles. The summed E-state index contributed by atoms with van der Waals surface area (Å²) in [6.45, 7) is 1.11. The van der Waals surface area contributed by atoms with Crippen molar-refractivity contribution in [2.24, 2.45) is 0 Å². The van der Waals surface area contributed by atoms with E-state index < -0.39 is 68.0 Å². The monoisotopic (exact) mass is 564 g/mol. The van der Waals surface area contributed by atoms with Crippen LogP contribution in [0.1, 0.15) is 18.1 Å². The van der Waals surface area contributed by atoms with Crippen molar-refractivity contribution in [2.45, 2.75) is 68.3 Å². The summed E-state index contributed by atoms with van der Waals surface area (Å²) in [6.07, 6.45) is -10.2. The van der Waals surface area contributed by atoms with E-state index in [1.54, 1.807) is 25.3 Å². The van der Waals surface area contributed by atoms with Gasteiger partial charge in [-0.15, -0.1) is 0 Å². The van der Waals surface area contributed by atoms with Gasteiger partial charge in [-0.05, 0) is 42.3 Å². The van der Waals surface area contributed by atoms with E-state index in [2.05, 4.69) is 0 Å². The second-order valence-electron chi connectivity index (χ2n) is 9.70. The van der Waals surface area contributed by atoms with Crippen LogP contribution in [0.4, 0.5) is 0 Å². The van der Waals surface area contributed by atoms with Gasteiger partial charge in [0.25, 0.3) is 0 Å². The Morgan fingerprint density at radius 3 is 1.93 bits per heavy atom. The third kappa shape index (κ3) is 6.92. The highest BCUT2D eigenvalue weighted by molar-refractivity contribution is 5.71. The number of aliphatic hydroxyl groups excluding tert-OH is 6. The van der Waals surface area contributed by atoms with Crippen molar-refractivity contribution in [3.63, 3.8) is 0 Å². The summed E-state index contributed by atoms with van der Waals surface area (Å²) >= 11 is 0. The molecular weight excluding hydrogens is 528 g/mol. The Morgan fingerprint density at radius 2 is 1.25 bits per heavy atom. The van der Waals surface area contributed by atoms with Gasteiger partial charge in [0, 0.05) is 6.07 Å². The fourth-order valence-corrected chi connectivity index (χ4v) is 4.41. The van der Waals surface area contributed by atoms with Crippen molar-refractivity contribution in [2.75, 3.05) is 20.8 Å². The van der Waals surface area contributed by atoms with Crippen LogP contribution in [0.5, 0.6) is 17.2 Å². The van der Waals surface area contributed by atoms with Crippen LogP contribution in [0.3, 0.4) is 0 Å². The van der Waals surface area contributed by atoms with Crippen molar-refractivity contribution in [3.05, 3.63) is 53.6 Å². The van der Waals surface area contributed by atoms with Gasteiger partial charge in [0.05, 0.1) is 26.9 Å². The summed E-state index contributed by atoms with van der Waals surface area (Å²) in [6, 6.07) is 12.5. The molecule has 0 saturated carbocycles. The van der Waals surface area contributed by atoms with Crippen LogP contribution in [0, 0.1) is 0 Å². The molecule has 2 saturated heterocycles. The Hall–Kier alpha value is -2.78. The van der Waals surface area contributed by atoms with Crippen LogP contribution in [0.2, 0.25) is 0 Å². The molecule has 10 unspecified atom stereocenters. The second-order valence-corrected chi connectivity index (χ2v) is 9.70. The number of methoxy groups -OCH3 is 2. The third-order valence-electron chi connectivity index (χ3n) is 6.88. The maximum Gasteiger partial charge on any atom is 0.229 e. The van der Waals surface area contributed by atoms with Gasteiger partial charge in [-0.3, -0.25) is 0 Å². The fourth-order valence-electron chi connectivity index (χ4n) is 4.41. The fraction of sp³-hybridized carbons (Fsp3) is 0.500. The molecular formula is C28H36O12. The SMILES string of the molecule is COc1ccc(C=Cc2cc(OC)cc(OC3OC(COC4OC(C)C(O)C(O)C4O)C(O)C(O)C3O)c2)cc1. The normalized spacial score (nSPS) is 34.5. The molecule has 2 aromatic carbocycles. The first-order valence-corrected chi connectivity index (χ1v) is 12.8. The minimum absolute atomic E-state index is 0.262. The van der Waals surface area contributed by atoms with E-state index in [9.17, 15) is 30.6 Å². The average Bonchev–Trinajstić information content (AvgIpc) is 2.97. The summed E-state index contributed by atoms with van der Waals surface area (Å²) in [4.78, 5) is 0. The Morgan fingerprint density at radius 1 is 0.650 bits per heavy atom. The van der Waals surface area contributed by atoms with Crippen LogP contribution in [0.25, 0.3) is 12.2 Å². The van der Waals surface area contributed by atoms with Gasteiger partial charge in [0.2, 0.25) is 6.29 Å². The zero-order chi connectivity index (χ0) is 29.0. The van der Waals surface area contributed by atoms with Gasteiger partial charge in [-0.1, -0.05) is 24.3 Å². The first-order chi connectivity index (χ1) is 19.1. The van der Waals surface area contributed by atoms with Gasteiger partial charge in [0.1, 0.15) is 60.0 Å². The Balaban J connectivity index is 1.45. The van der Waals surface area contributed by atoms with E-state index in [1.807, 2.05) is 36.4 Å². The zero-order valence-electron chi connectivity index (χ0n) is 22.3. The van der Waals surface area contributed by atoms with E-state index in [0.29, 0.717) is 11.3 Å². The first-order valence-electron chi connectivity index (χ1n) is 12.8. The molecule has 2 aliphatic heterocycles. The number of benzene rings is 2. The Kier molecular flexibility index (Phi) is 10.0. The number of hydrogen-bond donors (Lipinski definition) is 6. The summed E-state index contributed by atoms with van der Waals surface area (Å²) in [5.74, 6) is 1.47. The lowest BCUT2D eigenvalue weighted by atomic mass is 9.98. The van der Waals surface area contributed by atoms with Gasteiger partial charge in [-0.2, -0.15) is 0 Å². The predicted octanol–water partition coefficient (Wildman–Crippen LogP) is -0.0953. The molecule has 12 nitrogen and oxygen atoms in total. The number of rotatable bonds is 9. The van der Waals surface area contributed by atoms with Crippen LogP contribution in [-0.4, -0.2) is 113 Å². The summed E-state index contributed by atoms with van der Waals surface area (Å²) < 4.78 is 33.0. The minimum atomic E-state index is -1.64. The number of ether oxygens (including phenoxy) is 6. The highest BCUT2D eigenvalue weighted by atomic mass is 16.7. The van der Waals surface area contributed by atoms with E-state index in [1.165, 1.54) is 14.0 Å². The van der Waals surface area contributed by atoms with Crippen LogP contribution < -0.4 is 14.2 Å². The molecule has 4 rings (SSSR count). The molecule has 0 radical (unpaired) electrons. The summed E-state index contributed by atoms with van der Waals surface area (Å²) in [5, 5.41) is 61.5. The molecule has 0 aromatic heterocycles. The Labute approximate surface area is 231 Å². The van der Waals surface area contributed by atoms with Crippen molar-refractivity contribution in [1.82, 2.24) is 0 Å². The zero-order valence-corrected chi connectivity index (χ0v) is 22.3. The third-order valence-corrected chi connectivity index (χ3v) is 6.88. The van der Waals surface area contributed by atoms with Crippen molar-refractivity contribution in [1.29, 1.82) is 0 Å². The molecule has 0 aliphatic carbocycles. The largest absolute Gasteiger partial charge is 0.497 e. The molecule has 0 bridgehead atoms. The first kappa shape index (κ1) is 30.2. The molecule has 0 spiro atoms. The molecule has 220 valence electrons. The maximum absolute atomic E-state index is 10.6. The Bertz CT molecular complexity index is 1120. The molecule has 6 N–H and O–H groups in total. The van der Waals surface area contributed by atoms with E-state index in [0.717, 1.165) is 11.3 Å². The predicted molar refractivity (Wildman–Crippen MR) is 141 cm³/mol. The lowest BCUT2D eigenvalue weighted by Gasteiger charge is -2.42. The maximum atomic E-state index is 10.6. The minimum Gasteiger partial charge on any atom is -0.497 e. The van der Waals surface area contributed by atoms with Crippen molar-refractivity contribution < 1.29 is 59.1 Å². The molecule has 12 heteroatoms. The van der Waals surface area contributed by atoms with E-state index in [4.69, 9.17) is 28.4 Å². The molecule has 2 aromatic rings.